The van der Waals surface area contributed by atoms with Gasteiger partial charge in [0.05, 0.1) is 18.5 Å². The van der Waals surface area contributed by atoms with Crippen LogP contribution in [0.4, 0.5) is 5.69 Å². The Hall–Kier alpha value is -2.89. The molecule has 28 heavy (non-hydrogen) atoms. The average Bonchev–Trinajstić information content (AvgIpc) is 3.39. The molecule has 0 spiro atoms. The van der Waals surface area contributed by atoms with E-state index in [1.807, 2.05) is 52.1 Å². The van der Waals surface area contributed by atoms with Crippen molar-refractivity contribution in [3.8, 4) is 17.1 Å². The van der Waals surface area contributed by atoms with Gasteiger partial charge in [0.2, 0.25) is 11.8 Å². The molecule has 1 saturated carbocycles. The van der Waals surface area contributed by atoms with Crippen LogP contribution in [0.15, 0.2) is 36.5 Å². The molecule has 0 aliphatic heterocycles. The average molecular weight is 378 g/mol. The van der Waals surface area contributed by atoms with Gasteiger partial charge in [0.25, 0.3) is 0 Å². The minimum atomic E-state index is -0.445. The Balaban J connectivity index is 1.70. The van der Waals surface area contributed by atoms with Crippen molar-refractivity contribution in [1.82, 2.24) is 14.6 Å². The van der Waals surface area contributed by atoms with E-state index in [1.54, 1.807) is 4.52 Å². The highest BCUT2D eigenvalue weighted by Crippen LogP contribution is 2.44. The largest absolute Gasteiger partial charge is 0.477 e. The molecular formula is C22H26N4O2. The molecule has 1 fully saturated rings. The summed E-state index contributed by atoms with van der Waals surface area (Å²) in [4.78, 5) is 17.2. The van der Waals surface area contributed by atoms with E-state index in [0.29, 0.717) is 18.4 Å². The lowest BCUT2D eigenvalue weighted by Gasteiger charge is -2.20. The van der Waals surface area contributed by atoms with Gasteiger partial charge in [-0.15, -0.1) is 5.10 Å². The molecule has 0 atom stereocenters. The first-order valence-electron chi connectivity index (χ1n) is 9.80. The Morgan fingerprint density at radius 1 is 1.25 bits per heavy atom. The maximum absolute atomic E-state index is 12.6. The van der Waals surface area contributed by atoms with Crippen molar-refractivity contribution < 1.29 is 9.53 Å². The zero-order valence-corrected chi connectivity index (χ0v) is 16.8. The Kier molecular flexibility index (Phi) is 4.57. The van der Waals surface area contributed by atoms with Crippen molar-refractivity contribution >= 4 is 17.2 Å². The van der Waals surface area contributed by atoms with Gasteiger partial charge in [0, 0.05) is 22.7 Å². The maximum Gasteiger partial charge on any atom is 0.231 e. The highest BCUT2D eigenvalue weighted by molar-refractivity contribution is 5.96. The summed E-state index contributed by atoms with van der Waals surface area (Å²) in [5.74, 6) is 1.13. The molecule has 3 aromatic rings. The van der Waals surface area contributed by atoms with Crippen LogP contribution < -0.4 is 10.1 Å². The van der Waals surface area contributed by atoms with E-state index in [1.165, 1.54) is 18.4 Å². The second-order valence-electron chi connectivity index (χ2n) is 8.31. The van der Waals surface area contributed by atoms with Gasteiger partial charge >= 0.3 is 0 Å². The number of amides is 1. The number of rotatable bonds is 5. The summed E-state index contributed by atoms with van der Waals surface area (Å²) in [6, 6.07) is 9.94. The Morgan fingerprint density at radius 2 is 2.04 bits per heavy atom. The molecule has 0 unspecified atom stereocenters. The van der Waals surface area contributed by atoms with Crippen molar-refractivity contribution in [2.45, 2.75) is 46.5 Å². The third kappa shape index (κ3) is 3.72. The smallest absolute Gasteiger partial charge is 0.231 e. The van der Waals surface area contributed by atoms with E-state index < -0.39 is 5.41 Å². The van der Waals surface area contributed by atoms with E-state index in [0.717, 1.165) is 22.6 Å². The molecule has 2 aromatic heterocycles. The Bertz CT molecular complexity index is 1030. The molecule has 4 rings (SSSR count). The summed E-state index contributed by atoms with van der Waals surface area (Å²) in [7, 11) is 0. The number of ether oxygens (including phenoxy) is 1. The van der Waals surface area contributed by atoms with Crippen molar-refractivity contribution in [2.75, 3.05) is 11.9 Å². The highest BCUT2D eigenvalue weighted by Gasteiger charge is 2.29. The minimum Gasteiger partial charge on any atom is -0.477 e. The maximum atomic E-state index is 12.6. The molecule has 2 heterocycles. The normalized spacial score (nSPS) is 14.3. The fraction of sp³-hybridized carbons (Fsp3) is 0.409. The van der Waals surface area contributed by atoms with Gasteiger partial charge in [0.15, 0.2) is 5.65 Å². The van der Waals surface area contributed by atoms with Crippen molar-refractivity contribution in [2.24, 2.45) is 5.41 Å². The number of imidazole rings is 1. The van der Waals surface area contributed by atoms with Gasteiger partial charge in [0.1, 0.15) is 0 Å². The number of aromatic nitrogens is 3. The zero-order chi connectivity index (χ0) is 19.9. The van der Waals surface area contributed by atoms with E-state index in [9.17, 15) is 4.79 Å². The van der Waals surface area contributed by atoms with Gasteiger partial charge in [-0.1, -0.05) is 32.9 Å². The van der Waals surface area contributed by atoms with Gasteiger partial charge in [-0.25, -0.2) is 9.50 Å². The number of nitrogens with zero attached hydrogens (tertiary/aromatic N) is 3. The number of carbonyl (C=O) groups is 1. The van der Waals surface area contributed by atoms with Crippen LogP contribution in [0.5, 0.6) is 5.88 Å². The third-order valence-corrected chi connectivity index (χ3v) is 4.88. The topological polar surface area (TPSA) is 68.5 Å². The summed E-state index contributed by atoms with van der Waals surface area (Å²) in [6.45, 7) is 8.27. The van der Waals surface area contributed by atoms with Gasteiger partial charge in [-0.05, 0) is 43.4 Å². The minimum absolute atomic E-state index is 0.0181. The molecule has 6 nitrogen and oxygen atoms in total. The SMILES string of the molecule is CCOc1ccc2nc(-c3ccc(C4CC4)c(NC(=O)C(C)(C)C)c3)cn2n1. The molecule has 146 valence electrons. The predicted octanol–water partition coefficient (Wildman–Crippen LogP) is 4.66. The second-order valence-corrected chi connectivity index (χ2v) is 8.31. The lowest BCUT2D eigenvalue weighted by atomic mass is 9.95. The molecule has 1 aliphatic rings. The van der Waals surface area contributed by atoms with Gasteiger partial charge in [-0.3, -0.25) is 4.79 Å². The van der Waals surface area contributed by atoms with Crippen molar-refractivity contribution in [3.63, 3.8) is 0 Å². The molecule has 1 aliphatic carbocycles. The zero-order valence-electron chi connectivity index (χ0n) is 16.8. The molecular weight excluding hydrogens is 352 g/mol. The summed E-state index contributed by atoms with van der Waals surface area (Å²) < 4.78 is 7.19. The Labute approximate surface area is 164 Å². The summed E-state index contributed by atoms with van der Waals surface area (Å²) in [6.07, 6.45) is 4.24. The number of carbonyl (C=O) groups excluding carboxylic acids is 1. The van der Waals surface area contributed by atoms with Gasteiger partial charge in [-0.2, -0.15) is 0 Å². The third-order valence-electron chi connectivity index (χ3n) is 4.88. The Morgan fingerprint density at radius 3 is 2.71 bits per heavy atom. The van der Waals surface area contributed by atoms with Crippen LogP contribution in [0.3, 0.4) is 0 Å². The first-order chi connectivity index (χ1) is 13.3. The first kappa shape index (κ1) is 18.5. The quantitative estimate of drug-likeness (QED) is 0.701. The fourth-order valence-electron chi connectivity index (χ4n) is 3.11. The van der Waals surface area contributed by atoms with E-state index >= 15 is 0 Å². The first-order valence-corrected chi connectivity index (χ1v) is 9.80. The van der Waals surface area contributed by atoms with Crippen LogP contribution in [0.2, 0.25) is 0 Å². The molecule has 1 amide bonds. The monoisotopic (exact) mass is 378 g/mol. The summed E-state index contributed by atoms with van der Waals surface area (Å²) in [5.41, 5.74) is 4.18. The number of nitrogens with one attached hydrogen (secondary N) is 1. The molecule has 1 aromatic carbocycles. The van der Waals surface area contributed by atoms with Gasteiger partial charge < -0.3 is 10.1 Å². The highest BCUT2D eigenvalue weighted by atomic mass is 16.5. The van der Waals surface area contributed by atoms with E-state index in [4.69, 9.17) is 4.74 Å². The van der Waals surface area contributed by atoms with Crippen LogP contribution in [0.25, 0.3) is 16.9 Å². The van der Waals surface area contributed by atoms with Crippen LogP contribution in [-0.2, 0) is 4.79 Å². The number of hydrogen-bond donors (Lipinski definition) is 1. The summed E-state index contributed by atoms with van der Waals surface area (Å²) in [5, 5.41) is 7.56. The molecule has 1 N–H and O–H groups in total. The second kappa shape index (κ2) is 6.93. The van der Waals surface area contributed by atoms with E-state index in [2.05, 4.69) is 27.5 Å². The number of fused-ring (bicyclic) bond motifs is 1. The molecule has 0 bridgehead atoms. The predicted molar refractivity (Wildman–Crippen MR) is 110 cm³/mol. The molecule has 0 radical (unpaired) electrons. The number of anilines is 1. The molecule has 6 heteroatoms. The number of benzene rings is 1. The van der Waals surface area contributed by atoms with Crippen molar-refractivity contribution in [3.05, 3.63) is 42.1 Å². The van der Waals surface area contributed by atoms with Crippen LogP contribution in [0.1, 0.15) is 52.0 Å². The molecule has 0 saturated heterocycles. The van der Waals surface area contributed by atoms with Crippen LogP contribution in [0, 0.1) is 5.41 Å². The van der Waals surface area contributed by atoms with Crippen molar-refractivity contribution in [1.29, 1.82) is 0 Å². The van der Waals surface area contributed by atoms with Crippen LogP contribution in [-0.4, -0.2) is 27.1 Å². The lowest BCUT2D eigenvalue weighted by Crippen LogP contribution is -2.28. The van der Waals surface area contributed by atoms with E-state index in [-0.39, 0.29) is 5.91 Å². The number of hydrogen-bond acceptors (Lipinski definition) is 4. The fourth-order valence-corrected chi connectivity index (χ4v) is 3.11. The summed E-state index contributed by atoms with van der Waals surface area (Å²) >= 11 is 0. The lowest BCUT2D eigenvalue weighted by molar-refractivity contribution is -0.123. The van der Waals surface area contributed by atoms with Crippen LogP contribution >= 0.6 is 0 Å². The standard InChI is InChI=1S/C22H26N4O2/c1-5-28-20-11-10-19-23-18(13-26(19)25-20)15-8-9-16(14-6-7-14)17(12-15)24-21(27)22(2,3)4/h8-14H,5-7H2,1-4H3,(H,24,27).